The van der Waals surface area contributed by atoms with Gasteiger partial charge in [-0.2, -0.15) is 0 Å². The van der Waals surface area contributed by atoms with Gasteiger partial charge in [0.05, 0.1) is 0 Å². The van der Waals surface area contributed by atoms with Crippen molar-refractivity contribution in [2.24, 2.45) is 0 Å². The Labute approximate surface area is 250 Å². The first-order valence-electron chi connectivity index (χ1n) is 14.9. The van der Waals surface area contributed by atoms with Gasteiger partial charge in [0.15, 0.2) is 0 Å². The van der Waals surface area contributed by atoms with E-state index in [9.17, 15) is 14.7 Å². The number of hydrogen-bond acceptors (Lipinski definition) is 3. The molecule has 0 unspecified atom stereocenters. The van der Waals surface area contributed by atoms with Crippen LogP contribution in [0.3, 0.4) is 0 Å². The molecule has 0 aliphatic carbocycles. The molecule has 0 saturated heterocycles. The summed E-state index contributed by atoms with van der Waals surface area (Å²) in [6.45, 7) is 31.6. The van der Waals surface area contributed by atoms with Gasteiger partial charge in [0.1, 0.15) is 0 Å². The van der Waals surface area contributed by atoms with E-state index in [1.54, 1.807) is 6.07 Å². The fraction of sp³-hybridized carbons (Fsp3) is 0.514. The summed E-state index contributed by atoms with van der Waals surface area (Å²) in [4.78, 5) is 38.2. The van der Waals surface area contributed by atoms with Gasteiger partial charge in [0, 0.05) is 0 Å². The van der Waals surface area contributed by atoms with Gasteiger partial charge in [-0.1, -0.05) is 0 Å². The van der Waals surface area contributed by atoms with Crippen LogP contribution in [0.1, 0.15) is 122 Å². The van der Waals surface area contributed by atoms with Crippen LogP contribution in [0.25, 0.3) is 11.1 Å². The quantitative estimate of drug-likeness (QED) is 0.273. The minimum atomic E-state index is -5.72. The van der Waals surface area contributed by atoms with Gasteiger partial charge >= 0.3 is 251 Å². The average Bonchev–Trinajstić information content (AvgIpc) is 2.75. The number of rotatable bonds is 3. The van der Waals surface area contributed by atoms with Gasteiger partial charge < -0.3 is 0 Å². The molecular weight excluding hydrogens is 523 g/mol. The first-order chi connectivity index (χ1) is 18.2. The van der Waals surface area contributed by atoms with Crippen LogP contribution in [0.2, 0.25) is 0 Å². The van der Waals surface area contributed by atoms with Crippen molar-refractivity contribution in [1.82, 2.24) is 0 Å². The zero-order valence-corrected chi connectivity index (χ0v) is 29.2. The van der Waals surface area contributed by atoms with E-state index in [1.165, 1.54) is 11.1 Å². The third-order valence-corrected chi connectivity index (χ3v) is 10.7. The second kappa shape index (κ2) is 10.0. The second-order valence-electron chi connectivity index (χ2n) is 16.4. The summed E-state index contributed by atoms with van der Waals surface area (Å²) in [6, 6.07) is 14.2. The molecule has 4 heteroatoms. The zero-order valence-electron chi connectivity index (χ0n) is 28.3. The molecule has 3 aromatic rings. The summed E-state index contributed by atoms with van der Waals surface area (Å²) in [5, 5.41) is 0.506. The van der Waals surface area contributed by atoms with Crippen LogP contribution in [-0.4, -0.2) is 14.7 Å². The van der Waals surface area contributed by atoms with Crippen LogP contribution in [0.4, 0.5) is 0 Å². The van der Waals surface area contributed by atoms with Crippen molar-refractivity contribution in [2.75, 3.05) is 0 Å². The Bertz CT molecular complexity index is 1470. The van der Waals surface area contributed by atoms with E-state index in [0.29, 0.717) is 0 Å². The Balaban J connectivity index is 2.74. The van der Waals surface area contributed by atoms with Gasteiger partial charge in [-0.3, -0.25) is 0 Å². The van der Waals surface area contributed by atoms with Crippen molar-refractivity contribution >= 4 is 17.9 Å². The van der Waals surface area contributed by atoms with Crippen LogP contribution in [0, 0.1) is 20.8 Å². The summed E-state index contributed by atoms with van der Waals surface area (Å²) < 4.78 is 0. The predicted octanol–water partition coefficient (Wildman–Crippen LogP) is 8.69. The summed E-state index contributed by atoms with van der Waals surface area (Å²) in [7, 11) is -5.72. The molecule has 0 spiro atoms. The van der Waals surface area contributed by atoms with E-state index in [1.807, 2.05) is 19.1 Å². The van der Waals surface area contributed by atoms with E-state index in [0.717, 1.165) is 38.9 Å². The van der Waals surface area contributed by atoms with Crippen molar-refractivity contribution in [3.63, 3.8) is 0 Å². The average molecular weight is 579 g/mol. The Hall–Kier alpha value is -2.03. The first-order valence-corrected chi connectivity index (χ1v) is 16.9. The molecule has 3 nitrogen and oxygen atoms in total. The van der Waals surface area contributed by atoms with E-state index < -0.39 is 23.5 Å². The Kier molecular flexibility index (Phi) is 8.18. The summed E-state index contributed by atoms with van der Waals surface area (Å²) in [6.07, 6.45) is 0. The molecule has 0 atom stereocenters. The van der Waals surface area contributed by atoms with E-state index >= 15 is 0 Å². The summed E-state index contributed by atoms with van der Waals surface area (Å²) in [5.74, 6) is 0. The van der Waals surface area contributed by atoms with Crippen LogP contribution >= 0.6 is 7.28 Å². The van der Waals surface area contributed by atoms with Crippen molar-refractivity contribution in [2.45, 2.75) is 126 Å². The fourth-order valence-electron chi connectivity index (χ4n) is 6.11. The van der Waals surface area contributed by atoms with Crippen LogP contribution in [0.5, 0.6) is 0 Å². The first kappa shape index (κ1) is 33.5. The fourth-order valence-corrected chi connectivity index (χ4v) is 9.25. The molecule has 0 radical (unpaired) electrons. The molecule has 226 valence electrons. The van der Waals surface area contributed by atoms with Crippen LogP contribution < -0.4 is 10.6 Å². The molecule has 41 heavy (non-hydrogen) atoms. The van der Waals surface area contributed by atoms with Crippen molar-refractivity contribution < 1.29 is 14.7 Å². The topological polar surface area (TPSA) is 60.7 Å². The molecule has 0 bridgehead atoms. The standard InChI is InChI=1S/C37H55O3P/c1-23-16-18-26(27(20-23)34(4,5)6)31-25(3)22-29(36(10,11)12)33(32(31)37(13,14)15)41(38,39,40)30-19-17-24(2)21-28(30)35(7,8)9/h16-22,38-40H,1-15H3. The number of benzene rings is 3. The normalized spacial score (nSPS) is 14.6. The SMILES string of the molecule is Cc1ccc(-c2c(C)cc(C(C)(C)C)c(P(O)(O)(O)c3ccc(C)cc3C(C)(C)C)c2C(C)(C)C)c(C(C)(C)C)c1. The Morgan fingerprint density at radius 1 is 0.512 bits per heavy atom. The van der Waals surface area contributed by atoms with Crippen molar-refractivity contribution in [3.8, 4) is 11.1 Å². The molecule has 3 rings (SSSR count). The molecule has 0 fully saturated rings. The zero-order chi connectivity index (χ0) is 31.7. The molecule has 0 aromatic heterocycles. The Morgan fingerprint density at radius 2 is 0.951 bits per heavy atom. The van der Waals surface area contributed by atoms with E-state index in [4.69, 9.17) is 0 Å². The number of aryl methyl sites for hydroxylation is 3. The van der Waals surface area contributed by atoms with Gasteiger partial charge in [-0.15, -0.1) is 0 Å². The van der Waals surface area contributed by atoms with E-state index in [-0.39, 0.29) is 16.0 Å². The molecular formula is C37H55O3P. The van der Waals surface area contributed by atoms with Crippen molar-refractivity contribution in [1.29, 1.82) is 0 Å². The molecule has 0 aliphatic rings. The van der Waals surface area contributed by atoms with Crippen molar-refractivity contribution in [3.05, 3.63) is 81.4 Å². The maximum absolute atomic E-state index is 12.7. The minimum absolute atomic E-state index is 0.147. The molecule has 3 aromatic carbocycles. The van der Waals surface area contributed by atoms with Crippen LogP contribution in [-0.2, 0) is 21.7 Å². The monoisotopic (exact) mass is 578 g/mol. The van der Waals surface area contributed by atoms with Gasteiger partial charge in [0.2, 0.25) is 0 Å². The Morgan fingerprint density at radius 3 is 1.39 bits per heavy atom. The maximum atomic E-state index is 12.7. The molecule has 0 heterocycles. The second-order valence-corrected chi connectivity index (χ2v) is 19.3. The summed E-state index contributed by atoms with van der Waals surface area (Å²) >= 11 is 0. The third kappa shape index (κ3) is 6.35. The van der Waals surface area contributed by atoms with Gasteiger partial charge in [-0.05, 0) is 0 Å². The predicted molar refractivity (Wildman–Crippen MR) is 180 cm³/mol. The molecule has 0 saturated carbocycles. The molecule has 0 aliphatic heterocycles. The molecule has 3 N–H and O–H groups in total. The van der Waals surface area contributed by atoms with Crippen LogP contribution in [0.15, 0.2) is 42.5 Å². The van der Waals surface area contributed by atoms with Gasteiger partial charge in [0.25, 0.3) is 0 Å². The summed E-state index contributed by atoms with van der Waals surface area (Å²) in [5.41, 5.74) is 7.22. The number of hydrogen-bond donors (Lipinski definition) is 3. The molecule has 0 amide bonds. The third-order valence-electron chi connectivity index (χ3n) is 8.12. The van der Waals surface area contributed by atoms with Gasteiger partial charge in [-0.25, -0.2) is 0 Å². The van der Waals surface area contributed by atoms with E-state index in [2.05, 4.69) is 121 Å².